The van der Waals surface area contributed by atoms with Gasteiger partial charge in [0.25, 0.3) is 0 Å². The molecule has 19 heteroatoms. The zero-order valence-corrected chi connectivity index (χ0v) is 38.0. The Hall–Kier alpha value is -1.02. The van der Waals surface area contributed by atoms with Gasteiger partial charge in [0.1, 0.15) is 79.4 Å². The lowest BCUT2D eigenvalue weighted by Gasteiger charge is -2.58. The Morgan fingerprint density at radius 2 is 1.34 bits per heavy atom. The van der Waals surface area contributed by atoms with Gasteiger partial charge in [0.15, 0.2) is 18.4 Å². The Morgan fingerprint density at radius 3 is 2.02 bits per heavy atom. The minimum absolute atomic E-state index is 0.0131. The quantitative estimate of drug-likeness (QED) is 0.0854. The van der Waals surface area contributed by atoms with Gasteiger partial charge >= 0.3 is 0 Å². The molecule has 374 valence electrons. The van der Waals surface area contributed by atoms with Crippen LogP contribution in [-0.4, -0.2) is 204 Å². The van der Waals surface area contributed by atoms with Crippen LogP contribution in [-0.2, 0) is 33.2 Å². The van der Waals surface area contributed by atoms with Crippen molar-refractivity contribution in [3.05, 3.63) is 11.6 Å². The smallest absolute Gasteiger partial charge is 0.187 e. The Kier molecular flexibility index (Phi) is 15.2. The van der Waals surface area contributed by atoms with Gasteiger partial charge in [-0.25, -0.2) is 0 Å². The second-order valence-corrected chi connectivity index (χ2v) is 21.4. The Labute approximate surface area is 380 Å². The number of aliphatic hydroxyl groups is 12. The molecule has 26 atom stereocenters. The molecule has 19 nitrogen and oxygen atoms in total. The summed E-state index contributed by atoms with van der Waals surface area (Å²) in [5, 5.41) is 125. The van der Waals surface area contributed by atoms with Crippen molar-refractivity contribution in [2.75, 3.05) is 33.0 Å². The maximum atomic E-state index is 12.1. The van der Waals surface area contributed by atoms with Gasteiger partial charge in [-0.2, -0.15) is 0 Å². The standard InChI is InChI=1S/C46H76O19/c1-20(18-59-19-31-36(53)37(54)33(50)28(15-47)61-31)7-12-46(58)21(2)32-27(65-46)14-26-24-6-5-22-13-23(8-10-44(22,3)25(24)9-11-45(26,32)4)60-43-41(39(56)35(52)30(17-49)63-43)64-42-40(57)38(55)34(51)29(16-48)62-42/h5,20-21,23-43,47-58H,6-19H2,1-4H3. The van der Waals surface area contributed by atoms with Crippen LogP contribution in [0.25, 0.3) is 0 Å². The van der Waals surface area contributed by atoms with Crippen LogP contribution in [0.3, 0.4) is 0 Å². The molecule has 4 aliphatic carbocycles. The van der Waals surface area contributed by atoms with E-state index in [1.165, 1.54) is 5.57 Å². The predicted octanol–water partition coefficient (Wildman–Crippen LogP) is -1.82. The van der Waals surface area contributed by atoms with Gasteiger partial charge in [0.2, 0.25) is 0 Å². The van der Waals surface area contributed by atoms with Gasteiger partial charge in [-0.15, -0.1) is 0 Å². The van der Waals surface area contributed by atoms with E-state index in [-0.39, 0.29) is 47.4 Å². The zero-order valence-electron chi connectivity index (χ0n) is 38.0. The van der Waals surface area contributed by atoms with E-state index in [4.69, 9.17) is 33.2 Å². The van der Waals surface area contributed by atoms with Gasteiger partial charge in [0.05, 0.1) is 38.6 Å². The molecule has 26 unspecified atom stereocenters. The predicted molar refractivity (Wildman–Crippen MR) is 224 cm³/mol. The topological polar surface area (TPSA) is 307 Å². The molecule has 12 N–H and O–H groups in total. The molecule has 0 radical (unpaired) electrons. The molecule has 3 saturated carbocycles. The van der Waals surface area contributed by atoms with Crippen LogP contribution >= 0.6 is 0 Å². The third-order valence-corrected chi connectivity index (χ3v) is 17.7. The van der Waals surface area contributed by atoms with Crippen molar-refractivity contribution in [1.29, 1.82) is 0 Å². The largest absolute Gasteiger partial charge is 0.394 e. The molecule has 0 aromatic heterocycles. The first kappa shape index (κ1) is 50.4. The van der Waals surface area contributed by atoms with E-state index >= 15 is 0 Å². The van der Waals surface area contributed by atoms with Crippen LogP contribution in [0.2, 0.25) is 0 Å². The van der Waals surface area contributed by atoms with Crippen LogP contribution < -0.4 is 0 Å². The fraction of sp³-hybridized carbons (Fsp3) is 0.957. The number of fused-ring (bicyclic) bond motifs is 7. The number of aliphatic hydroxyl groups excluding tert-OH is 11. The van der Waals surface area contributed by atoms with Crippen molar-refractivity contribution < 1.29 is 94.4 Å². The van der Waals surface area contributed by atoms with E-state index in [2.05, 4.69) is 26.8 Å². The molecule has 0 spiro atoms. The first-order valence-electron chi connectivity index (χ1n) is 24.0. The Morgan fingerprint density at radius 1 is 0.723 bits per heavy atom. The molecule has 65 heavy (non-hydrogen) atoms. The van der Waals surface area contributed by atoms with Gasteiger partial charge in [-0.05, 0) is 91.8 Å². The van der Waals surface area contributed by atoms with Crippen molar-refractivity contribution in [3.63, 3.8) is 0 Å². The molecular formula is C46H76O19. The summed E-state index contributed by atoms with van der Waals surface area (Å²) in [4.78, 5) is 0. The Balaban J connectivity index is 0.871. The minimum Gasteiger partial charge on any atom is -0.394 e. The molecule has 8 rings (SSSR count). The summed E-state index contributed by atoms with van der Waals surface area (Å²) < 4.78 is 42.0. The zero-order chi connectivity index (χ0) is 46.9. The lowest BCUT2D eigenvalue weighted by atomic mass is 9.47. The van der Waals surface area contributed by atoms with E-state index in [9.17, 15) is 61.3 Å². The van der Waals surface area contributed by atoms with Crippen molar-refractivity contribution >= 4 is 0 Å². The molecule has 0 aromatic rings. The molecule has 4 aliphatic heterocycles. The highest BCUT2D eigenvalue weighted by Gasteiger charge is 2.68. The minimum atomic E-state index is -1.76. The van der Waals surface area contributed by atoms with E-state index < -0.39 is 118 Å². The number of ether oxygens (including phenoxy) is 7. The highest BCUT2D eigenvalue weighted by atomic mass is 16.8. The molecule has 7 fully saturated rings. The first-order chi connectivity index (χ1) is 30.8. The van der Waals surface area contributed by atoms with Crippen LogP contribution in [0.4, 0.5) is 0 Å². The van der Waals surface area contributed by atoms with Crippen LogP contribution in [0, 0.1) is 46.3 Å². The van der Waals surface area contributed by atoms with Gasteiger partial charge in [-0.3, -0.25) is 0 Å². The summed E-state index contributed by atoms with van der Waals surface area (Å²) in [6, 6.07) is 0. The number of rotatable bonds is 14. The Bertz CT molecular complexity index is 1640. The molecule has 0 amide bonds. The van der Waals surface area contributed by atoms with Crippen LogP contribution in [0.1, 0.15) is 85.5 Å². The summed E-state index contributed by atoms with van der Waals surface area (Å²) in [7, 11) is 0. The maximum Gasteiger partial charge on any atom is 0.187 e. The van der Waals surface area contributed by atoms with Crippen molar-refractivity contribution in [2.45, 2.75) is 195 Å². The number of hydrogen-bond acceptors (Lipinski definition) is 19. The molecule has 8 aliphatic rings. The summed E-state index contributed by atoms with van der Waals surface area (Å²) in [6.45, 7) is 7.42. The first-order valence-corrected chi connectivity index (χ1v) is 24.0. The lowest BCUT2D eigenvalue weighted by Crippen LogP contribution is -2.65. The third-order valence-electron chi connectivity index (χ3n) is 17.7. The lowest BCUT2D eigenvalue weighted by molar-refractivity contribution is -0.372. The van der Waals surface area contributed by atoms with E-state index in [0.29, 0.717) is 50.0 Å². The van der Waals surface area contributed by atoms with Crippen LogP contribution in [0.15, 0.2) is 11.6 Å². The molecule has 0 bridgehead atoms. The summed E-state index contributed by atoms with van der Waals surface area (Å²) >= 11 is 0. The number of hydrogen-bond donors (Lipinski definition) is 12. The van der Waals surface area contributed by atoms with Gasteiger partial charge in [-0.1, -0.05) is 39.3 Å². The normalized spacial score (nSPS) is 53.7. The van der Waals surface area contributed by atoms with E-state index in [0.717, 1.165) is 32.1 Å². The average Bonchev–Trinajstić information content (AvgIpc) is 3.72. The second kappa shape index (κ2) is 19.6. The summed E-state index contributed by atoms with van der Waals surface area (Å²) in [5.74, 6) is 0.172. The number of allylic oxidation sites excluding steroid dienone is 1. The molecule has 4 heterocycles. The molecular weight excluding hydrogens is 856 g/mol. The monoisotopic (exact) mass is 932 g/mol. The third kappa shape index (κ3) is 9.04. The summed E-state index contributed by atoms with van der Waals surface area (Å²) in [5.41, 5.74) is 1.20. The van der Waals surface area contributed by atoms with Gasteiger partial charge in [0, 0.05) is 18.9 Å². The van der Waals surface area contributed by atoms with E-state index in [1.54, 1.807) is 0 Å². The fourth-order valence-corrected chi connectivity index (χ4v) is 13.8. The van der Waals surface area contributed by atoms with Crippen molar-refractivity contribution in [1.82, 2.24) is 0 Å². The maximum absolute atomic E-state index is 12.1. The van der Waals surface area contributed by atoms with Crippen molar-refractivity contribution in [2.24, 2.45) is 46.3 Å². The summed E-state index contributed by atoms with van der Waals surface area (Å²) in [6.07, 6.45) is -12.3. The van der Waals surface area contributed by atoms with Crippen molar-refractivity contribution in [3.8, 4) is 0 Å². The van der Waals surface area contributed by atoms with Crippen LogP contribution in [0.5, 0.6) is 0 Å². The highest BCUT2D eigenvalue weighted by Crippen LogP contribution is 2.70. The van der Waals surface area contributed by atoms with Gasteiger partial charge < -0.3 is 94.4 Å². The SMILES string of the molecule is CC(CCC1(O)OC2CC3C4CC=C5CC(OC6OC(CO)C(O)C(O)C6OC6OC(CO)C(O)C(O)C6O)CCC5(C)C4CCC3(C)C2C1C)COCC1OC(CO)C(O)C(O)C1O. The molecule has 0 aromatic carbocycles. The van der Waals surface area contributed by atoms with E-state index in [1.807, 2.05) is 6.92 Å². The fourth-order valence-electron chi connectivity index (χ4n) is 13.8. The second-order valence-electron chi connectivity index (χ2n) is 21.4. The highest BCUT2D eigenvalue weighted by molar-refractivity contribution is 5.26. The molecule has 4 saturated heterocycles. The average molecular weight is 933 g/mol.